The van der Waals surface area contributed by atoms with Crippen molar-refractivity contribution in [2.24, 2.45) is 0 Å². The molecule has 94 valence electrons. The zero-order valence-electron chi connectivity index (χ0n) is 10.3. The van der Waals surface area contributed by atoms with Crippen LogP contribution in [0.5, 0.6) is 0 Å². The van der Waals surface area contributed by atoms with Gasteiger partial charge in [0, 0.05) is 6.54 Å². The molecule has 5 heteroatoms. The maximum absolute atomic E-state index is 11.3. The first-order valence-electron chi connectivity index (χ1n) is 5.69. The highest BCUT2D eigenvalue weighted by Crippen LogP contribution is 2.01. The molecular formula is C11H22N2O3. The van der Waals surface area contributed by atoms with Gasteiger partial charge in [-0.3, -0.25) is 0 Å². The summed E-state index contributed by atoms with van der Waals surface area (Å²) in [6.07, 6.45) is 4.32. The van der Waals surface area contributed by atoms with E-state index in [1.807, 2.05) is 0 Å². The Morgan fingerprint density at radius 1 is 1.19 bits per heavy atom. The van der Waals surface area contributed by atoms with Gasteiger partial charge in [0.1, 0.15) is 5.54 Å². The standard InChI is InChI=1S/C11H22N2O3/c1-4-5-6-7-8-12-10(16)13-11(2,3)9(14)15/h4-8H2,1-3H3,(H,14,15)(H2,12,13,16). The minimum Gasteiger partial charge on any atom is -0.480 e. The molecule has 0 saturated heterocycles. The number of carbonyl (C=O) groups is 2. The third-order valence-electron chi connectivity index (χ3n) is 2.28. The molecule has 0 spiro atoms. The summed E-state index contributed by atoms with van der Waals surface area (Å²) in [4.78, 5) is 22.0. The van der Waals surface area contributed by atoms with Crippen molar-refractivity contribution in [1.82, 2.24) is 10.6 Å². The van der Waals surface area contributed by atoms with Gasteiger partial charge >= 0.3 is 12.0 Å². The van der Waals surface area contributed by atoms with Crippen LogP contribution in [0.3, 0.4) is 0 Å². The van der Waals surface area contributed by atoms with E-state index in [9.17, 15) is 9.59 Å². The van der Waals surface area contributed by atoms with Crippen molar-refractivity contribution in [3.8, 4) is 0 Å². The average Bonchev–Trinajstić information content (AvgIpc) is 2.16. The van der Waals surface area contributed by atoms with Crippen LogP contribution in [0.15, 0.2) is 0 Å². The fraction of sp³-hybridized carbons (Fsp3) is 0.818. The summed E-state index contributed by atoms with van der Waals surface area (Å²) in [7, 11) is 0. The molecule has 0 rings (SSSR count). The molecule has 2 amide bonds. The lowest BCUT2D eigenvalue weighted by atomic mass is 10.1. The Hall–Kier alpha value is -1.26. The topological polar surface area (TPSA) is 78.4 Å². The van der Waals surface area contributed by atoms with E-state index in [4.69, 9.17) is 5.11 Å². The number of aliphatic carboxylic acids is 1. The van der Waals surface area contributed by atoms with Gasteiger partial charge in [-0.15, -0.1) is 0 Å². The number of carboxylic acid groups (broad SMARTS) is 1. The highest BCUT2D eigenvalue weighted by Gasteiger charge is 2.28. The van der Waals surface area contributed by atoms with Crippen LogP contribution in [-0.2, 0) is 4.79 Å². The molecule has 0 aliphatic heterocycles. The van der Waals surface area contributed by atoms with Crippen molar-refractivity contribution < 1.29 is 14.7 Å². The summed E-state index contributed by atoms with van der Waals surface area (Å²) in [5.41, 5.74) is -1.23. The molecule has 0 aliphatic rings. The maximum Gasteiger partial charge on any atom is 0.328 e. The summed E-state index contributed by atoms with van der Waals surface area (Å²) in [5, 5.41) is 13.8. The van der Waals surface area contributed by atoms with E-state index >= 15 is 0 Å². The van der Waals surface area contributed by atoms with Crippen molar-refractivity contribution in [3.63, 3.8) is 0 Å². The van der Waals surface area contributed by atoms with Gasteiger partial charge in [-0.05, 0) is 20.3 Å². The van der Waals surface area contributed by atoms with Gasteiger partial charge in [0.25, 0.3) is 0 Å². The molecule has 3 N–H and O–H groups in total. The molecule has 5 nitrogen and oxygen atoms in total. The second-order valence-corrected chi connectivity index (χ2v) is 4.37. The first kappa shape index (κ1) is 14.7. The molecule has 0 aromatic carbocycles. The molecule has 0 aromatic heterocycles. The fourth-order valence-electron chi connectivity index (χ4n) is 1.14. The van der Waals surface area contributed by atoms with Crippen LogP contribution in [0.4, 0.5) is 4.79 Å². The maximum atomic E-state index is 11.3. The van der Waals surface area contributed by atoms with Crippen molar-refractivity contribution in [2.75, 3.05) is 6.54 Å². The molecule has 0 bridgehead atoms. The number of carboxylic acids is 1. The van der Waals surface area contributed by atoms with E-state index in [1.165, 1.54) is 13.8 Å². The number of unbranched alkanes of at least 4 members (excludes halogenated alkanes) is 3. The monoisotopic (exact) mass is 230 g/mol. The lowest BCUT2D eigenvalue weighted by Crippen LogP contribution is -2.53. The Bertz CT molecular complexity index is 239. The van der Waals surface area contributed by atoms with E-state index in [-0.39, 0.29) is 0 Å². The summed E-state index contributed by atoms with van der Waals surface area (Å²) in [6.45, 7) is 5.61. The average molecular weight is 230 g/mol. The summed E-state index contributed by atoms with van der Waals surface area (Å²) in [5.74, 6) is -1.05. The number of carbonyl (C=O) groups excluding carboxylic acids is 1. The molecule has 0 fully saturated rings. The predicted octanol–water partition coefficient (Wildman–Crippen LogP) is 1.73. The van der Waals surface area contributed by atoms with Gasteiger partial charge in [0.05, 0.1) is 0 Å². The summed E-state index contributed by atoms with van der Waals surface area (Å²) >= 11 is 0. The van der Waals surface area contributed by atoms with Gasteiger partial charge in [-0.25, -0.2) is 9.59 Å². The fourth-order valence-corrected chi connectivity index (χ4v) is 1.14. The van der Waals surface area contributed by atoms with Crippen molar-refractivity contribution in [2.45, 2.75) is 52.0 Å². The molecule has 0 saturated carbocycles. The largest absolute Gasteiger partial charge is 0.480 e. The molecular weight excluding hydrogens is 208 g/mol. The molecule has 0 heterocycles. The highest BCUT2D eigenvalue weighted by atomic mass is 16.4. The molecule has 0 atom stereocenters. The quantitative estimate of drug-likeness (QED) is 0.583. The van der Waals surface area contributed by atoms with Crippen molar-refractivity contribution in [3.05, 3.63) is 0 Å². The Kier molecular flexibility index (Phi) is 6.53. The van der Waals surface area contributed by atoms with Crippen LogP contribution in [0.2, 0.25) is 0 Å². The van der Waals surface area contributed by atoms with Gasteiger partial charge in [0.15, 0.2) is 0 Å². The third-order valence-corrected chi connectivity index (χ3v) is 2.28. The van der Waals surface area contributed by atoms with Crippen LogP contribution >= 0.6 is 0 Å². The van der Waals surface area contributed by atoms with Crippen LogP contribution < -0.4 is 10.6 Å². The highest BCUT2D eigenvalue weighted by molar-refractivity contribution is 5.85. The smallest absolute Gasteiger partial charge is 0.328 e. The number of hydrogen-bond donors (Lipinski definition) is 3. The van der Waals surface area contributed by atoms with Crippen LogP contribution in [0, 0.1) is 0 Å². The van der Waals surface area contributed by atoms with E-state index in [2.05, 4.69) is 17.6 Å². The van der Waals surface area contributed by atoms with Crippen molar-refractivity contribution >= 4 is 12.0 Å². The Balaban J connectivity index is 3.71. The van der Waals surface area contributed by atoms with Crippen molar-refractivity contribution in [1.29, 1.82) is 0 Å². The van der Waals surface area contributed by atoms with Gasteiger partial charge < -0.3 is 15.7 Å². The lowest BCUT2D eigenvalue weighted by Gasteiger charge is -2.21. The first-order valence-corrected chi connectivity index (χ1v) is 5.69. The Morgan fingerprint density at radius 3 is 2.31 bits per heavy atom. The normalized spacial score (nSPS) is 10.9. The molecule has 16 heavy (non-hydrogen) atoms. The minimum atomic E-state index is -1.23. The van der Waals surface area contributed by atoms with Gasteiger partial charge in [-0.1, -0.05) is 26.2 Å². The predicted molar refractivity (Wildman–Crippen MR) is 62.4 cm³/mol. The Morgan fingerprint density at radius 2 is 1.81 bits per heavy atom. The van der Waals surface area contributed by atoms with E-state index in [1.54, 1.807) is 0 Å². The minimum absolute atomic E-state index is 0.427. The molecule has 0 unspecified atom stereocenters. The molecule has 0 aliphatic carbocycles. The van der Waals surface area contributed by atoms with E-state index in [0.717, 1.165) is 25.7 Å². The lowest BCUT2D eigenvalue weighted by molar-refractivity contribution is -0.142. The number of hydrogen-bond acceptors (Lipinski definition) is 2. The molecule has 0 aromatic rings. The SMILES string of the molecule is CCCCCCNC(=O)NC(C)(C)C(=O)O. The Labute approximate surface area is 96.6 Å². The van der Waals surface area contributed by atoms with Crippen LogP contribution in [0.25, 0.3) is 0 Å². The number of nitrogens with one attached hydrogen (secondary N) is 2. The third kappa shape index (κ3) is 6.27. The number of urea groups is 1. The molecule has 0 radical (unpaired) electrons. The van der Waals surface area contributed by atoms with Crippen LogP contribution in [0.1, 0.15) is 46.5 Å². The second-order valence-electron chi connectivity index (χ2n) is 4.37. The van der Waals surface area contributed by atoms with Crippen LogP contribution in [-0.4, -0.2) is 29.2 Å². The number of amides is 2. The zero-order valence-corrected chi connectivity index (χ0v) is 10.3. The summed E-state index contributed by atoms with van der Waals surface area (Å²) < 4.78 is 0. The van der Waals surface area contributed by atoms with E-state index in [0.29, 0.717) is 6.54 Å². The van der Waals surface area contributed by atoms with E-state index < -0.39 is 17.5 Å². The second kappa shape index (κ2) is 7.09. The zero-order chi connectivity index (χ0) is 12.6. The number of rotatable bonds is 7. The summed E-state index contributed by atoms with van der Waals surface area (Å²) in [6, 6.07) is -0.427. The first-order chi connectivity index (χ1) is 7.40. The van der Waals surface area contributed by atoms with Gasteiger partial charge in [0.2, 0.25) is 0 Å². The van der Waals surface area contributed by atoms with Gasteiger partial charge in [-0.2, -0.15) is 0 Å².